The van der Waals surface area contributed by atoms with Gasteiger partial charge in [0.2, 0.25) is 0 Å². The molecule has 2 atom stereocenters. The van der Waals surface area contributed by atoms with Gasteiger partial charge in [-0.15, -0.1) is 0 Å². The van der Waals surface area contributed by atoms with E-state index >= 15 is 0 Å². The molecule has 0 amide bonds. The third-order valence-corrected chi connectivity index (χ3v) is 2.86. The molecule has 1 heterocycles. The van der Waals surface area contributed by atoms with Gasteiger partial charge in [-0.25, -0.2) is 0 Å². The first-order valence-electron chi connectivity index (χ1n) is 4.21. The van der Waals surface area contributed by atoms with Crippen molar-refractivity contribution in [2.45, 2.75) is 32.8 Å². The summed E-state index contributed by atoms with van der Waals surface area (Å²) in [7, 11) is 0. The van der Waals surface area contributed by atoms with Crippen LogP contribution < -0.4 is 0 Å². The van der Waals surface area contributed by atoms with E-state index in [-0.39, 0.29) is 0 Å². The van der Waals surface area contributed by atoms with Crippen molar-refractivity contribution in [3.05, 3.63) is 10.6 Å². The molecule has 0 radical (unpaired) electrons. The minimum Gasteiger partial charge on any atom is -0.373 e. The van der Waals surface area contributed by atoms with Crippen LogP contribution in [0.2, 0.25) is 0 Å². The summed E-state index contributed by atoms with van der Waals surface area (Å²) in [6, 6.07) is 0. The Morgan fingerprint density at radius 1 is 1.82 bits per heavy atom. The van der Waals surface area contributed by atoms with Gasteiger partial charge in [-0.1, -0.05) is 36.2 Å². The monoisotopic (exact) mass is 218 g/mol. The normalized spacial score (nSPS) is 27.9. The van der Waals surface area contributed by atoms with Crippen LogP contribution in [-0.4, -0.2) is 12.7 Å². The average Bonchev–Trinajstić information content (AvgIpc) is 2.03. The van der Waals surface area contributed by atoms with E-state index in [1.807, 2.05) is 0 Å². The third-order valence-electron chi connectivity index (χ3n) is 2.20. The highest BCUT2D eigenvalue weighted by Crippen LogP contribution is 2.23. The van der Waals surface area contributed by atoms with Crippen molar-refractivity contribution in [3.8, 4) is 0 Å². The second-order valence-electron chi connectivity index (χ2n) is 3.08. The highest BCUT2D eigenvalue weighted by Gasteiger charge is 2.17. The predicted molar refractivity (Wildman–Crippen MR) is 50.8 cm³/mol. The molecule has 0 saturated heterocycles. The molecule has 1 aliphatic heterocycles. The second-order valence-corrected chi connectivity index (χ2v) is 4.10. The highest BCUT2D eigenvalue weighted by molar-refractivity contribution is 9.11. The van der Waals surface area contributed by atoms with Gasteiger partial charge in [-0.3, -0.25) is 0 Å². The van der Waals surface area contributed by atoms with Gasteiger partial charge in [-0.2, -0.15) is 0 Å². The zero-order valence-corrected chi connectivity index (χ0v) is 8.73. The Kier molecular flexibility index (Phi) is 3.60. The summed E-state index contributed by atoms with van der Waals surface area (Å²) in [5, 5.41) is 0. The molecule has 0 spiro atoms. The van der Waals surface area contributed by atoms with Crippen LogP contribution in [-0.2, 0) is 4.74 Å². The molecule has 2 unspecified atom stereocenters. The number of rotatable bonds is 2. The van der Waals surface area contributed by atoms with E-state index in [4.69, 9.17) is 4.74 Å². The van der Waals surface area contributed by atoms with Crippen molar-refractivity contribution in [1.82, 2.24) is 0 Å². The number of ether oxygens (including phenoxy) is 1. The maximum absolute atomic E-state index is 5.59. The van der Waals surface area contributed by atoms with Crippen molar-refractivity contribution < 1.29 is 4.74 Å². The summed E-state index contributed by atoms with van der Waals surface area (Å²) in [6.07, 6.45) is 4.75. The first kappa shape index (κ1) is 9.27. The number of halogens is 1. The summed E-state index contributed by atoms with van der Waals surface area (Å²) in [5.74, 6) is 0.642. The minimum absolute atomic E-state index is 0.336. The van der Waals surface area contributed by atoms with Crippen molar-refractivity contribution in [2.24, 2.45) is 5.92 Å². The molecule has 0 fully saturated rings. The molecule has 0 N–H and O–H groups in total. The van der Waals surface area contributed by atoms with Crippen LogP contribution >= 0.6 is 15.9 Å². The molecule has 64 valence electrons. The van der Waals surface area contributed by atoms with Crippen molar-refractivity contribution in [3.63, 3.8) is 0 Å². The molecule has 1 aliphatic rings. The summed E-state index contributed by atoms with van der Waals surface area (Å²) in [5.41, 5.74) is 0. The SMILES string of the molecule is CCC(C)C1C=C(Br)CCO1. The van der Waals surface area contributed by atoms with Gasteiger partial charge in [0.15, 0.2) is 0 Å². The molecule has 0 aromatic heterocycles. The summed E-state index contributed by atoms with van der Waals surface area (Å²) >= 11 is 3.51. The van der Waals surface area contributed by atoms with Crippen LogP contribution in [0.5, 0.6) is 0 Å². The molecule has 0 aromatic carbocycles. The van der Waals surface area contributed by atoms with Crippen molar-refractivity contribution in [2.75, 3.05) is 6.61 Å². The fourth-order valence-corrected chi connectivity index (χ4v) is 1.59. The van der Waals surface area contributed by atoms with Crippen LogP contribution in [0.3, 0.4) is 0 Å². The molecule has 1 nitrogen and oxygen atoms in total. The maximum Gasteiger partial charge on any atom is 0.0792 e. The van der Waals surface area contributed by atoms with Crippen LogP contribution in [0.1, 0.15) is 26.7 Å². The van der Waals surface area contributed by atoms with Crippen LogP contribution in [0.25, 0.3) is 0 Å². The zero-order valence-electron chi connectivity index (χ0n) is 7.14. The first-order chi connectivity index (χ1) is 5.24. The van der Waals surface area contributed by atoms with Crippen molar-refractivity contribution in [1.29, 1.82) is 0 Å². The van der Waals surface area contributed by atoms with Crippen LogP contribution in [0.4, 0.5) is 0 Å². The molecule has 0 aliphatic carbocycles. The second kappa shape index (κ2) is 4.27. The smallest absolute Gasteiger partial charge is 0.0792 e. The van der Waals surface area contributed by atoms with E-state index in [9.17, 15) is 0 Å². The lowest BCUT2D eigenvalue weighted by Crippen LogP contribution is -2.22. The average molecular weight is 219 g/mol. The van der Waals surface area contributed by atoms with Gasteiger partial charge in [0.05, 0.1) is 12.7 Å². The quantitative estimate of drug-likeness (QED) is 0.693. The lowest BCUT2D eigenvalue weighted by molar-refractivity contribution is 0.0431. The largest absolute Gasteiger partial charge is 0.373 e. The third kappa shape index (κ3) is 2.60. The van der Waals surface area contributed by atoms with Crippen molar-refractivity contribution >= 4 is 15.9 Å². The van der Waals surface area contributed by atoms with E-state index in [1.54, 1.807) is 0 Å². The number of hydrogen-bond donors (Lipinski definition) is 0. The predicted octanol–water partition coefficient (Wildman–Crippen LogP) is 3.10. The fourth-order valence-electron chi connectivity index (χ4n) is 1.16. The molecule has 0 aromatic rings. The van der Waals surface area contributed by atoms with E-state index in [0.29, 0.717) is 12.0 Å². The molecule has 0 bridgehead atoms. The summed E-state index contributed by atoms with van der Waals surface area (Å²) in [6.45, 7) is 5.29. The van der Waals surface area contributed by atoms with Crippen LogP contribution in [0.15, 0.2) is 10.6 Å². The molecular weight excluding hydrogens is 204 g/mol. The summed E-state index contributed by atoms with van der Waals surface area (Å²) < 4.78 is 6.89. The van der Waals surface area contributed by atoms with E-state index < -0.39 is 0 Å². The maximum atomic E-state index is 5.59. The minimum atomic E-state index is 0.336. The van der Waals surface area contributed by atoms with E-state index in [2.05, 4.69) is 35.9 Å². The topological polar surface area (TPSA) is 9.23 Å². The van der Waals surface area contributed by atoms with Gasteiger partial charge in [0.25, 0.3) is 0 Å². The van der Waals surface area contributed by atoms with Gasteiger partial charge >= 0.3 is 0 Å². The Bertz CT molecular complexity index is 154. The van der Waals surface area contributed by atoms with Gasteiger partial charge in [0, 0.05) is 6.42 Å². The fraction of sp³-hybridized carbons (Fsp3) is 0.778. The number of hydrogen-bond acceptors (Lipinski definition) is 1. The van der Waals surface area contributed by atoms with Gasteiger partial charge in [0.1, 0.15) is 0 Å². The lowest BCUT2D eigenvalue weighted by Gasteiger charge is -2.24. The first-order valence-corrected chi connectivity index (χ1v) is 5.01. The Morgan fingerprint density at radius 3 is 3.09 bits per heavy atom. The Morgan fingerprint density at radius 2 is 2.55 bits per heavy atom. The molecule has 0 saturated carbocycles. The molecule has 11 heavy (non-hydrogen) atoms. The Hall–Kier alpha value is 0.180. The Labute approximate surface area is 76.9 Å². The van der Waals surface area contributed by atoms with E-state index in [1.165, 1.54) is 10.9 Å². The lowest BCUT2D eigenvalue weighted by atomic mass is 10.00. The van der Waals surface area contributed by atoms with Gasteiger partial charge in [-0.05, 0) is 16.5 Å². The Balaban J connectivity index is 2.51. The molecular formula is C9H15BrO. The standard InChI is InChI=1S/C9H15BrO/c1-3-7(2)9-6-8(10)4-5-11-9/h6-7,9H,3-5H2,1-2H3. The van der Waals surface area contributed by atoms with E-state index in [0.717, 1.165) is 13.0 Å². The molecule has 2 heteroatoms. The molecule has 1 rings (SSSR count). The van der Waals surface area contributed by atoms with Crippen LogP contribution in [0, 0.1) is 5.92 Å². The summed E-state index contributed by atoms with van der Waals surface area (Å²) in [4.78, 5) is 0. The van der Waals surface area contributed by atoms with Gasteiger partial charge < -0.3 is 4.74 Å². The highest BCUT2D eigenvalue weighted by atomic mass is 79.9. The zero-order chi connectivity index (χ0) is 8.27.